The van der Waals surface area contributed by atoms with Gasteiger partial charge >= 0.3 is 5.97 Å². The Hall–Kier alpha value is -1.38. The van der Waals surface area contributed by atoms with Crippen molar-refractivity contribution >= 4 is 5.97 Å². The fourth-order valence-electron chi connectivity index (χ4n) is 1.72. The first kappa shape index (κ1) is 11.7. The molecule has 0 radical (unpaired) electrons. The van der Waals surface area contributed by atoms with Crippen molar-refractivity contribution in [2.75, 3.05) is 0 Å². The standard InChI is InChI=1S/C12H17NO2/c1-4-9(5-2)10-6-8(3)7-11(13-10)12(14)15/h6-7,9H,4-5H2,1-3H3,(H,14,15). The maximum Gasteiger partial charge on any atom is 0.354 e. The summed E-state index contributed by atoms with van der Waals surface area (Å²) in [5.41, 5.74) is 2.01. The molecule has 0 bridgehead atoms. The van der Waals surface area contributed by atoms with E-state index in [1.165, 1.54) is 0 Å². The van der Waals surface area contributed by atoms with Crippen LogP contribution in [0.1, 0.15) is 54.4 Å². The van der Waals surface area contributed by atoms with Crippen molar-refractivity contribution in [2.45, 2.75) is 39.5 Å². The molecule has 1 aromatic rings. The van der Waals surface area contributed by atoms with Crippen molar-refractivity contribution in [2.24, 2.45) is 0 Å². The number of hydrogen-bond donors (Lipinski definition) is 1. The number of carboxylic acid groups (broad SMARTS) is 1. The second-order valence-corrected chi connectivity index (χ2v) is 3.77. The lowest BCUT2D eigenvalue weighted by molar-refractivity contribution is 0.0690. The summed E-state index contributed by atoms with van der Waals surface area (Å²) in [5.74, 6) is -0.589. The van der Waals surface area contributed by atoms with E-state index in [2.05, 4.69) is 18.8 Å². The summed E-state index contributed by atoms with van der Waals surface area (Å²) in [4.78, 5) is 15.0. The zero-order chi connectivity index (χ0) is 11.4. The predicted octanol–water partition coefficient (Wildman–Crippen LogP) is 2.99. The molecule has 1 N–H and O–H groups in total. The molecule has 82 valence electrons. The van der Waals surface area contributed by atoms with Crippen molar-refractivity contribution in [3.8, 4) is 0 Å². The monoisotopic (exact) mass is 207 g/mol. The first-order valence-electron chi connectivity index (χ1n) is 5.30. The van der Waals surface area contributed by atoms with Crippen LogP contribution in [0, 0.1) is 6.92 Å². The molecule has 0 aliphatic rings. The average molecular weight is 207 g/mol. The summed E-state index contributed by atoms with van der Waals surface area (Å²) < 4.78 is 0. The summed E-state index contributed by atoms with van der Waals surface area (Å²) in [5, 5.41) is 8.90. The van der Waals surface area contributed by atoms with E-state index in [0.29, 0.717) is 5.92 Å². The van der Waals surface area contributed by atoms with E-state index < -0.39 is 5.97 Å². The average Bonchev–Trinajstić information content (AvgIpc) is 2.18. The van der Waals surface area contributed by atoms with Crippen molar-refractivity contribution in [3.63, 3.8) is 0 Å². The highest BCUT2D eigenvalue weighted by Gasteiger charge is 2.12. The quantitative estimate of drug-likeness (QED) is 0.825. The van der Waals surface area contributed by atoms with Gasteiger partial charge in [0.05, 0.1) is 0 Å². The molecule has 0 atom stereocenters. The molecule has 1 heterocycles. The second-order valence-electron chi connectivity index (χ2n) is 3.77. The summed E-state index contributed by atoms with van der Waals surface area (Å²) >= 11 is 0. The first-order valence-corrected chi connectivity index (χ1v) is 5.30. The molecule has 0 fully saturated rings. The van der Waals surface area contributed by atoms with Crippen molar-refractivity contribution < 1.29 is 9.90 Å². The summed E-state index contributed by atoms with van der Waals surface area (Å²) in [6, 6.07) is 3.58. The molecule has 0 saturated carbocycles. The number of carbonyl (C=O) groups is 1. The molecule has 0 aliphatic carbocycles. The Labute approximate surface area is 90.2 Å². The number of aryl methyl sites for hydroxylation is 1. The zero-order valence-corrected chi connectivity index (χ0v) is 9.45. The molecular weight excluding hydrogens is 190 g/mol. The molecule has 1 rings (SSSR count). The van der Waals surface area contributed by atoms with Gasteiger partial charge in [-0.05, 0) is 37.5 Å². The highest BCUT2D eigenvalue weighted by atomic mass is 16.4. The van der Waals surface area contributed by atoms with Gasteiger partial charge in [0, 0.05) is 11.6 Å². The normalized spacial score (nSPS) is 10.7. The number of hydrogen-bond acceptors (Lipinski definition) is 2. The lowest BCUT2D eigenvalue weighted by atomic mass is 9.97. The third-order valence-electron chi connectivity index (χ3n) is 2.61. The van der Waals surface area contributed by atoms with Gasteiger partial charge in [0.25, 0.3) is 0 Å². The molecule has 0 aliphatic heterocycles. The Bertz CT molecular complexity index is 357. The predicted molar refractivity (Wildman–Crippen MR) is 59.3 cm³/mol. The number of pyridine rings is 1. The van der Waals surface area contributed by atoms with Gasteiger partial charge in [-0.25, -0.2) is 9.78 Å². The largest absolute Gasteiger partial charge is 0.477 e. The van der Waals surface area contributed by atoms with Gasteiger partial charge in [-0.2, -0.15) is 0 Å². The van der Waals surface area contributed by atoms with Crippen LogP contribution >= 0.6 is 0 Å². The van der Waals surface area contributed by atoms with Crippen LogP contribution in [0.25, 0.3) is 0 Å². The molecule has 0 aromatic carbocycles. The van der Waals surface area contributed by atoms with Gasteiger partial charge in [-0.3, -0.25) is 0 Å². The summed E-state index contributed by atoms with van der Waals surface area (Å²) in [6.45, 7) is 6.09. The molecule has 3 heteroatoms. The Balaban J connectivity index is 3.13. The molecule has 0 spiro atoms. The number of rotatable bonds is 4. The fourth-order valence-corrected chi connectivity index (χ4v) is 1.72. The first-order chi connectivity index (χ1) is 7.08. The third-order valence-corrected chi connectivity index (χ3v) is 2.61. The molecule has 15 heavy (non-hydrogen) atoms. The fraction of sp³-hybridized carbons (Fsp3) is 0.500. The Morgan fingerprint density at radius 2 is 2.00 bits per heavy atom. The van der Waals surface area contributed by atoms with Crippen molar-refractivity contribution in [3.05, 3.63) is 29.1 Å². The lowest BCUT2D eigenvalue weighted by Gasteiger charge is -2.12. The van der Waals surface area contributed by atoms with Crippen LogP contribution in [-0.4, -0.2) is 16.1 Å². The molecule has 0 unspecified atom stereocenters. The molecular formula is C12H17NO2. The highest BCUT2D eigenvalue weighted by Crippen LogP contribution is 2.22. The minimum absolute atomic E-state index is 0.150. The number of aromatic carboxylic acids is 1. The van der Waals surface area contributed by atoms with E-state index >= 15 is 0 Å². The minimum Gasteiger partial charge on any atom is -0.477 e. The van der Waals surface area contributed by atoms with E-state index in [9.17, 15) is 4.79 Å². The van der Waals surface area contributed by atoms with Crippen LogP contribution in [0.3, 0.4) is 0 Å². The lowest BCUT2D eigenvalue weighted by Crippen LogP contribution is -2.07. The van der Waals surface area contributed by atoms with E-state index in [1.807, 2.05) is 13.0 Å². The second kappa shape index (κ2) is 4.91. The van der Waals surface area contributed by atoms with Crippen LogP contribution in [0.15, 0.2) is 12.1 Å². The van der Waals surface area contributed by atoms with Crippen LogP contribution in [0.5, 0.6) is 0 Å². The van der Waals surface area contributed by atoms with Gasteiger partial charge in [0.2, 0.25) is 0 Å². The Morgan fingerprint density at radius 1 is 1.40 bits per heavy atom. The molecule has 1 aromatic heterocycles. The number of carboxylic acids is 1. The van der Waals surface area contributed by atoms with Gasteiger partial charge in [0.15, 0.2) is 0 Å². The van der Waals surface area contributed by atoms with E-state index in [0.717, 1.165) is 24.1 Å². The van der Waals surface area contributed by atoms with E-state index in [1.54, 1.807) is 6.07 Å². The summed E-state index contributed by atoms with van der Waals surface area (Å²) in [6.07, 6.45) is 1.98. The topological polar surface area (TPSA) is 50.2 Å². The molecule has 0 saturated heterocycles. The highest BCUT2D eigenvalue weighted by molar-refractivity contribution is 5.85. The van der Waals surface area contributed by atoms with Crippen molar-refractivity contribution in [1.29, 1.82) is 0 Å². The Morgan fingerprint density at radius 3 is 2.47 bits per heavy atom. The van der Waals surface area contributed by atoms with Crippen LogP contribution in [0.2, 0.25) is 0 Å². The van der Waals surface area contributed by atoms with E-state index in [4.69, 9.17) is 5.11 Å². The van der Waals surface area contributed by atoms with Gasteiger partial charge in [0.1, 0.15) is 5.69 Å². The number of nitrogens with zero attached hydrogens (tertiary/aromatic N) is 1. The molecule has 3 nitrogen and oxygen atoms in total. The zero-order valence-electron chi connectivity index (χ0n) is 9.45. The van der Waals surface area contributed by atoms with Crippen LogP contribution in [-0.2, 0) is 0 Å². The van der Waals surface area contributed by atoms with Gasteiger partial charge in [-0.15, -0.1) is 0 Å². The summed E-state index contributed by atoms with van der Waals surface area (Å²) in [7, 11) is 0. The molecule has 0 amide bonds. The third kappa shape index (κ3) is 2.78. The van der Waals surface area contributed by atoms with Gasteiger partial charge in [-0.1, -0.05) is 13.8 Å². The van der Waals surface area contributed by atoms with Crippen LogP contribution < -0.4 is 0 Å². The maximum atomic E-state index is 10.8. The van der Waals surface area contributed by atoms with Crippen molar-refractivity contribution in [1.82, 2.24) is 4.98 Å². The maximum absolute atomic E-state index is 10.8. The Kier molecular flexibility index (Phi) is 3.83. The minimum atomic E-state index is -0.953. The number of aromatic nitrogens is 1. The van der Waals surface area contributed by atoms with Crippen LogP contribution in [0.4, 0.5) is 0 Å². The van der Waals surface area contributed by atoms with E-state index in [-0.39, 0.29) is 5.69 Å². The smallest absolute Gasteiger partial charge is 0.354 e. The van der Waals surface area contributed by atoms with Gasteiger partial charge < -0.3 is 5.11 Å². The SMILES string of the molecule is CCC(CC)c1cc(C)cc(C(=O)O)n1.